The van der Waals surface area contributed by atoms with E-state index in [-0.39, 0.29) is 5.91 Å². The lowest BCUT2D eigenvalue weighted by molar-refractivity contribution is -0.147. The number of carbonyl (C=O) groups excluding carboxylic acids is 2. The van der Waals surface area contributed by atoms with Crippen LogP contribution in [0.15, 0.2) is 46.0 Å². The number of rotatable bonds is 6. The number of methoxy groups -OCH3 is 1. The van der Waals surface area contributed by atoms with Crippen LogP contribution in [0, 0.1) is 0 Å². The van der Waals surface area contributed by atoms with Crippen LogP contribution in [0.3, 0.4) is 0 Å². The Balaban J connectivity index is 1.67. The average molecular weight is 431 g/mol. The van der Waals surface area contributed by atoms with Gasteiger partial charge in [-0.25, -0.2) is 4.79 Å². The summed E-state index contributed by atoms with van der Waals surface area (Å²) in [6, 6.07) is 9.84. The number of likely N-dealkylation sites (tertiary alicyclic amines) is 1. The van der Waals surface area contributed by atoms with Crippen molar-refractivity contribution < 1.29 is 14.3 Å². The standard InChI is InChI=1S/C22H26N2O3S2/c1-27-21(26)22(15-17-9-14-28-16-17)20(25)24(13-12-23-10-5-2-6-11-23)18-7-3-4-8-19(18)29-22/h3-4,7-9,14,16H,2,5-6,10-13,15H2,1H3. The van der Waals surface area contributed by atoms with Crippen molar-refractivity contribution in [3.8, 4) is 0 Å². The normalized spacial score (nSPS) is 22.4. The van der Waals surface area contributed by atoms with Crippen molar-refractivity contribution in [2.24, 2.45) is 0 Å². The Labute approximate surface area is 180 Å². The molecular formula is C22H26N2O3S2. The molecule has 1 fully saturated rings. The van der Waals surface area contributed by atoms with Gasteiger partial charge < -0.3 is 14.5 Å². The predicted molar refractivity (Wildman–Crippen MR) is 118 cm³/mol. The molecule has 0 saturated carbocycles. The smallest absolute Gasteiger partial charge is 0.332 e. The number of thioether (sulfide) groups is 1. The van der Waals surface area contributed by atoms with Crippen LogP contribution >= 0.6 is 23.1 Å². The van der Waals surface area contributed by atoms with Gasteiger partial charge in [0.25, 0.3) is 5.91 Å². The maximum Gasteiger partial charge on any atom is 0.332 e. The van der Waals surface area contributed by atoms with Crippen molar-refractivity contribution in [1.82, 2.24) is 4.90 Å². The fraction of sp³-hybridized carbons (Fsp3) is 0.455. The molecule has 7 heteroatoms. The van der Waals surface area contributed by atoms with E-state index in [4.69, 9.17) is 4.74 Å². The summed E-state index contributed by atoms with van der Waals surface area (Å²) < 4.78 is 3.87. The van der Waals surface area contributed by atoms with Gasteiger partial charge in [-0.3, -0.25) is 4.79 Å². The first-order valence-corrected chi connectivity index (χ1v) is 11.8. The summed E-state index contributed by atoms with van der Waals surface area (Å²) in [6.45, 7) is 3.56. The van der Waals surface area contributed by atoms with Crippen LogP contribution in [0.1, 0.15) is 24.8 Å². The van der Waals surface area contributed by atoms with E-state index < -0.39 is 10.7 Å². The number of piperidine rings is 1. The van der Waals surface area contributed by atoms with Crippen molar-refractivity contribution in [1.29, 1.82) is 0 Å². The van der Waals surface area contributed by atoms with Crippen LogP contribution in [0.2, 0.25) is 0 Å². The highest BCUT2D eigenvalue weighted by atomic mass is 32.2. The zero-order valence-electron chi connectivity index (χ0n) is 16.6. The molecule has 2 aromatic rings. The van der Waals surface area contributed by atoms with Crippen LogP contribution in [0.5, 0.6) is 0 Å². The number of hydrogen-bond donors (Lipinski definition) is 0. The molecule has 2 aliphatic rings. The molecule has 29 heavy (non-hydrogen) atoms. The van der Waals surface area contributed by atoms with E-state index in [1.54, 1.807) is 11.3 Å². The van der Waals surface area contributed by atoms with Crippen molar-refractivity contribution in [3.05, 3.63) is 46.7 Å². The molecular weight excluding hydrogens is 404 g/mol. The number of benzene rings is 1. The zero-order chi connectivity index (χ0) is 20.3. The monoisotopic (exact) mass is 430 g/mol. The zero-order valence-corrected chi connectivity index (χ0v) is 18.3. The molecule has 0 N–H and O–H groups in total. The Bertz CT molecular complexity index is 865. The summed E-state index contributed by atoms with van der Waals surface area (Å²) >= 11 is 2.90. The van der Waals surface area contributed by atoms with E-state index in [0.29, 0.717) is 13.0 Å². The van der Waals surface area contributed by atoms with Gasteiger partial charge in [0.1, 0.15) is 0 Å². The van der Waals surface area contributed by atoms with Crippen molar-refractivity contribution >= 4 is 40.7 Å². The van der Waals surface area contributed by atoms with Gasteiger partial charge in [-0.2, -0.15) is 11.3 Å². The quantitative estimate of drug-likeness (QED) is 0.515. The molecule has 0 aliphatic carbocycles. The van der Waals surface area contributed by atoms with Gasteiger partial charge in [0.15, 0.2) is 0 Å². The minimum Gasteiger partial charge on any atom is -0.468 e. The van der Waals surface area contributed by atoms with E-state index in [1.807, 2.05) is 46.0 Å². The van der Waals surface area contributed by atoms with Crippen molar-refractivity contribution in [2.75, 3.05) is 38.2 Å². The number of thiophene rings is 1. The number of carbonyl (C=O) groups is 2. The van der Waals surface area contributed by atoms with Gasteiger partial charge in [-0.15, -0.1) is 0 Å². The number of esters is 1. The van der Waals surface area contributed by atoms with Crippen LogP contribution in [0.25, 0.3) is 0 Å². The van der Waals surface area contributed by atoms with E-state index in [9.17, 15) is 9.59 Å². The largest absolute Gasteiger partial charge is 0.468 e. The number of para-hydroxylation sites is 1. The molecule has 154 valence electrons. The first kappa shape index (κ1) is 20.4. The van der Waals surface area contributed by atoms with Gasteiger partial charge in [0.2, 0.25) is 4.75 Å². The molecule has 5 nitrogen and oxygen atoms in total. The molecule has 1 unspecified atom stereocenters. The topological polar surface area (TPSA) is 49.9 Å². The van der Waals surface area contributed by atoms with Gasteiger partial charge in [-0.1, -0.05) is 30.3 Å². The Morgan fingerprint density at radius 2 is 1.93 bits per heavy atom. The molecule has 0 bridgehead atoms. The molecule has 1 atom stereocenters. The number of fused-ring (bicyclic) bond motifs is 1. The summed E-state index contributed by atoms with van der Waals surface area (Å²) in [5, 5.41) is 3.97. The first-order chi connectivity index (χ1) is 14.1. The number of nitrogens with zero attached hydrogens (tertiary/aromatic N) is 2. The van der Waals surface area contributed by atoms with Crippen LogP contribution in [-0.2, 0) is 20.7 Å². The third-order valence-electron chi connectivity index (χ3n) is 5.67. The van der Waals surface area contributed by atoms with E-state index >= 15 is 0 Å². The Morgan fingerprint density at radius 3 is 2.66 bits per heavy atom. The molecule has 3 heterocycles. The third-order valence-corrected chi connectivity index (χ3v) is 7.80. The molecule has 2 aliphatic heterocycles. The van der Waals surface area contributed by atoms with Crippen LogP contribution in [-0.4, -0.2) is 54.8 Å². The van der Waals surface area contributed by atoms with Gasteiger partial charge in [0.05, 0.1) is 12.8 Å². The lowest BCUT2D eigenvalue weighted by atomic mass is 9.97. The molecule has 4 rings (SSSR count). The SMILES string of the molecule is COC(=O)C1(Cc2ccsc2)Sc2ccccc2N(CCN2CCCCC2)C1=O. The molecule has 0 spiro atoms. The number of anilines is 1. The van der Waals surface area contributed by atoms with Gasteiger partial charge in [-0.05, 0) is 60.5 Å². The second-order valence-electron chi connectivity index (χ2n) is 7.56. The lowest BCUT2D eigenvalue weighted by Crippen LogP contribution is -2.57. The fourth-order valence-electron chi connectivity index (χ4n) is 4.13. The van der Waals surface area contributed by atoms with Crippen LogP contribution in [0.4, 0.5) is 5.69 Å². The van der Waals surface area contributed by atoms with Crippen molar-refractivity contribution in [3.63, 3.8) is 0 Å². The van der Waals surface area contributed by atoms with E-state index in [0.717, 1.165) is 35.8 Å². The highest BCUT2D eigenvalue weighted by Gasteiger charge is 2.54. The third kappa shape index (κ3) is 4.09. The second kappa shape index (κ2) is 8.90. The Morgan fingerprint density at radius 1 is 1.14 bits per heavy atom. The fourth-order valence-corrected chi connectivity index (χ4v) is 6.21. The Kier molecular flexibility index (Phi) is 6.27. The minimum absolute atomic E-state index is 0.170. The molecule has 0 radical (unpaired) electrons. The summed E-state index contributed by atoms with van der Waals surface area (Å²) in [5.41, 5.74) is 1.88. The van der Waals surface area contributed by atoms with E-state index in [1.165, 1.54) is 38.1 Å². The Hall–Kier alpha value is -1.83. The van der Waals surface area contributed by atoms with E-state index in [2.05, 4.69) is 4.90 Å². The number of hydrogen-bond acceptors (Lipinski definition) is 6. The summed E-state index contributed by atoms with van der Waals surface area (Å²) in [4.78, 5) is 32.0. The number of ether oxygens (including phenoxy) is 1. The highest BCUT2D eigenvalue weighted by molar-refractivity contribution is 8.02. The summed E-state index contributed by atoms with van der Waals surface area (Å²) in [6.07, 6.45) is 4.04. The molecule has 1 saturated heterocycles. The van der Waals surface area contributed by atoms with Gasteiger partial charge in [0, 0.05) is 24.4 Å². The highest BCUT2D eigenvalue weighted by Crippen LogP contribution is 2.47. The number of amides is 1. The second-order valence-corrected chi connectivity index (χ2v) is 9.68. The first-order valence-electron chi connectivity index (χ1n) is 10.1. The van der Waals surface area contributed by atoms with Gasteiger partial charge >= 0.3 is 5.97 Å². The summed E-state index contributed by atoms with van der Waals surface area (Å²) in [7, 11) is 1.37. The average Bonchev–Trinajstić information content (AvgIpc) is 3.27. The maximum absolute atomic E-state index is 13.8. The van der Waals surface area contributed by atoms with Crippen LogP contribution < -0.4 is 4.90 Å². The minimum atomic E-state index is -1.29. The molecule has 1 aromatic carbocycles. The molecule has 1 amide bonds. The maximum atomic E-state index is 13.8. The van der Waals surface area contributed by atoms with Crippen molar-refractivity contribution in [2.45, 2.75) is 35.3 Å². The summed E-state index contributed by atoms with van der Waals surface area (Å²) in [5.74, 6) is -0.646. The molecule has 1 aromatic heterocycles. The lowest BCUT2D eigenvalue weighted by Gasteiger charge is -2.41. The predicted octanol–water partition coefficient (Wildman–Crippen LogP) is 3.83.